The van der Waals surface area contributed by atoms with Crippen molar-refractivity contribution in [3.63, 3.8) is 0 Å². The van der Waals surface area contributed by atoms with Gasteiger partial charge in [0, 0.05) is 26.1 Å². The minimum Gasteiger partial charge on any atom is -0.339 e. The minimum atomic E-state index is 0. The van der Waals surface area contributed by atoms with Crippen LogP contribution in [0.3, 0.4) is 0 Å². The quantitative estimate of drug-likeness (QED) is 0.905. The summed E-state index contributed by atoms with van der Waals surface area (Å²) in [7, 11) is 1.77. The van der Waals surface area contributed by atoms with Gasteiger partial charge in [0.15, 0.2) is 0 Å². The average Bonchev–Trinajstić information content (AvgIpc) is 3.45. The lowest BCUT2D eigenvalue weighted by Gasteiger charge is -2.32. The van der Waals surface area contributed by atoms with Crippen LogP contribution in [0.1, 0.15) is 36.0 Å². The second-order valence-corrected chi connectivity index (χ2v) is 6.66. The van der Waals surface area contributed by atoms with Crippen LogP contribution in [0.2, 0.25) is 0 Å². The first-order chi connectivity index (χ1) is 11.1. The van der Waals surface area contributed by atoms with Crippen LogP contribution in [-0.4, -0.2) is 43.4 Å². The molecule has 0 atom stereocenters. The first kappa shape index (κ1) is 18.7. The van der Waals surface area contributed by atoms with Gasteiger partial charge < -0.3 is 15.5 Å². The maximum absolute atomic E-state index is 12.9. The van der Waals surface area contributed by atoms with E-state index in [9.17, 15) is 9.59 Å². The number of nitrogens with zero attached hydrogens (tertiary/aromatic N) is 2. The van der Waals surface area contributed by atoms with E-state index >= 15 is 0 Å². The largest absolute Gasteiger partial charge is 0.339 e. The molecule has 0 aromatic heterocycles. The van der Waals surface area contributed by atoms with Crippen LogP contribution in [0.4, 0.5) is 5.69 Å². The molecule has 132 valence electrons. The van der Waals surface area contributed by atoms with Crippen LogP contribution in [-0.2, 0) is 4.79 Å². The molecule has 2 N–H and O–H groups in total. The third kappa shape index (κ3) is 3.90. The van der Waals surface area contributed by atoms with Gasteiger partial charge in [-0.15, -0.1) is 12.4 Å². The molecule has 1 saturated heterocycles. The first-order valence-electron chi connectivity index (χ1n) is 8.47. The molecule has 0 radical (unpaired) electrons. The molecule has 1 aromatic rings. The van der Waals surface area contributed by atoms with E-state index in [4.69, 9.17) is 5.73 Å². The Labute approximate surface area is 149 Å². The fourth-order valence-corrected chi connectivity index (χ4v) is 3.21. The summed E-state index contributed by atoms with van der Waals surface area (Å²) in [6, 6.07) is 7.42. The molecule has 6 heteroatoms. The average molecular weight is 352 g/mol. The fourth-order valence-electron chi connectivity index (χ4n) is 3.21. The lowest BCUT2D eigenvalue weighted by atomic mass is 9.96. The van der Waals surface area contributed by atoms with Crippen LogP contribution >= 0.6 is 12.4 Å². The number of halogens is 1. The molecule has 1 aromatic carbocycles. The molecule has 0 unspecified atom stereocenters. The van der Waals surface area contributed by atoms with Gasteiger partial charge in [-0.1, -0.05) is 12.1 Å². The number of carbonyl (C=O) groups is 2. The van der Waals surface area contributed by atoms with Gasteiger partial charge in [-0.25, -0.2) is 0 Å². The Morgan fingerprint density at radius 3 is 2.38 bits per heavy atom. The van der Waals surface area contributed by atoms with Gasteiger partial charge in [-0.3, -0.25) is 9.59 Å². The molecule has 1 aliphatic heterocycles. The van der Waals surface area contributed by atoms with E-state index in [2.05, 4.69) is 0 Å². The zero-order valence-electron chi connectivity index (χ0n) is 14.1. The topological polar surface area (TPSA) is 66.6 Å². The molecule has 2 fully saturated rings. The van der Waals surface area contributed by atoms with E-state index < -0.39 is 0 Å². The molecule has 2 amide bonds. The highest BCUT2D eigenvalue weighted by atomic mass is 35.5. The number of para-hydroxylation sites is 1. The number of rotatable bonds is 4. The summed E-state index contributed by atoms with van der Waals surface area (Å²) in [6.45, 7) is 2.18. The number of carbonyl (C=O) groups excluding carboxylic acids is 2. The third-order valence-corrected chi connectivity index (χ3v) is 4.99. The Bertz CT molecular complexity index is 596. The van der Waals surface area contributed by atoms with Crippen molar-refractivity contribution in [1.29, 1.82) is 0 Å². The SMILES string of the molecule is CN(C(=O)C1CC1)c1ccccc1C(=O)N1CCC(CN)CC1.Cl. The number of amides is 2. The number of benzene rings is 1. The van der Waals surface area contributed by atoms with Crippen molar-refractivity contribution in [2.75, 3.05) is 31.6 Å². The zero-order valence-corrected chi connectivity index (χ0v) is 14.9. The maximum Gasteiger partial charge on any atom is 0.255 e. The number of hydrogen-bond acceptors (Lipinski definition) is 3. The number of anilines is 1. The molecular formula is C18H26ClN3O2. The Morgan fingerprint density at radius 2 is 1.79 bits per heavy atom. The number of hydrogen-bond donors (Lipinski definition) is 1. The summed E-state index contributed by atoms with van der Waals surface area (Å²) >= 11 is 0. The Morgan fingerprint density at radius 1 is 1.17 bits per heavy atom. The lowest BCUT2D eigenvalue weighted by Crippen LogP contribution is -2.41. The van der Waals surface area contributed by atoms with E-state index in [0.717, 1.165) is 44.5 Å². The molecule has 24 heavy (non-hydrogen) atoms. The highest BCUT2D eigenvalue weighted by Gasteiger charge is 2.34. The van der Waals surface area contributed by atoms with Crippen molar-refractivity contribution in [2.24, 2.45) is 17.6 Å². The van der Waals surface area contributed by atoms with Gasteiger partial charge >= 0.3 is 0 Å². The smallest absolute Gasteiger partial charge is 0.255 e. The highest BCUT2D eigenvalue weighted by Crippen LogP contribution is 2.33. The van der Waals surface area contributed by atoms with Crippen molar-refractivity contribution < 1.29 is 9.59 Å². The van der Waals surface area contributed by atoms with E-state index in [1.165, 1.54) is 0 Å². The summed E-state index contributed by atoms with van der Waals surface area (Å²) in [5.74, 6) is 0.801. The number of likely N-dealkylation sites (tertiary alicyclic amines) is 1. The van der Waals surface area contributed by atoms with E-state index in [1.54, 1.807) is 11.9 Å². The molecule has 1 heterocycles. The summed E-state index contributed by atoms with van der Waals surface area (Å²) in [5.41, 5.74) is 7.06. The Kier molecular flexibility index (Phi) is 6.24. The summed E-state index contributed by atoms with van der Waals surface area (Å²) in [5, 5.41) is 0. The van der Waals surface area contributed by atoms with Gasteiger partial charge in [-0.2, -0.15) is 0 Å². The number of piperidine rings is 1. The molecule has 5 nitrogen and oxygen atoms in total. The van der Waals surface area contributed by atoms with Crippen molar-refractivity contribution in [3.8, 4) is 0 Å². The summed E-state index contributed by atoms with van der Waals surface area (Å²) in [6.07, 6.45) is 3.85. The molecule has 3 rings (SSSR count). The lowest BCUT2D eigenvalue weighted by molar-refractivity contribution is -0.119. The van der Waals surface area contributed by atoms with Crippen LogP contribution in [0.5, 0.6) is 0 Å². The first-order valence-corrected chi connectivity index (χ1v) is 8.47. The van der Waals surface area contributed by atoms with Gasteiger partial charge in [0.1, 0.15) is 0 Å². The van der Waals surface area contributed by atoms with Crippen LogP contribution in [0, 0.1) is 11.8 Å². The van der Waals surface area contributed by atoms with Crippen LogP contribution < -0.4 is 10.6 Å². The Hall–Kier alpha value is -1.59. The van der Waals surface area contributed by atoms with Gasteiger partial charge in [0.05, 0.1) is 11.3 Å². The van der Waals surface area contributed by atoms with Crippen molar-refractivity contribution in [3.05, 3.63) is 29.8 Å². The summed E-state index contributed by atoms with van der Waals surface area (Å²) in [4.78, 5) is 28.8. The van der Waals surface area contributed by atoms with Crippen LogP contribution in [0.25, 0.3) is 0 Å². The normalized spacial score (nSPS) is 18.0. The maximum atomic E-state index is 12.9. The van der Waals surface area contributed by atoms with E-state index in [0.29, 0.717) is 18.0 Å². The predicted molar refractivity (Wildman–Crippen MR) is 97.5 cm³/mol. The van der Waals surface area contributed by atoms with Crippen molar-refractivity contribution >= 4 is 29.9 Å². The molecule has 1 saturated carbocycles. The fraction of sp³-hybridized carbons (Fsp3) is 0.556. The van der Waals surface area contributed by atoms with Gasteiger partial charge in [-0.05, 0) is 50.3 Å². The van der Waals surface area contributed by atoms with Gasteiger partial charge in [0.25, 0.3) is 5.91 Å². The highest BCUT2D eigenvalue weighted by molar-refractivity contribution is 6.05. The second-order valence-electron chi connectivity index (χ2n) is 6.66. The van der Waals surface area contributed by atoms with E-state index in [-0.39, 0.29) is 30.1 Å². The predicted octanol–water partition coefficient (Wildman–Crippen LogP) is 2.29. The second kappa shape index (κ2) is 7.99. The molecule has 2 aliphatic rings. The van der Waals surface area contributed by atoms with Gasteiger partial charge in [0.2, 0.25) is 5.91 Å². The molecule has 0 spiro atoms. The third-order valence-electron chi connectivity index (χ3n) is 4.99. The summed E-state index contributed by atoms with van der Waals surface area (Å²) < 4.78 is 0. The zero-order chi connectivity index (χ0) is 16.4. The molecular weight excluding hydrogens is 326 g/mol. The van der Waals surface area contributed by atoms with E-state index in [1.807, 2.05) is 29.2 Å². The van der Waals surface area contributed by atoms with Crippen molar-refractivity contribution in [1.82, 2.24) is 4.90 Å². The van der Waals surface area contributed by atoms with Crippen LogP contribution in [0.15, 0.2) is 24.3 Å². The monoisotopic (exact) mass is 351 g/mol. The Balaban J connectivity index is 0.00000208. The van der Waals surface area contributed by atoms with Crippen molar-refractivity contribution in [2.45, 2.75) is 25.7 Å². The number of nitrogens with two attached hydrogens (primary N) is 1. The molecule has 1 aliphatic carbocycles. The molecule has 0 bridgehead atoms. The standard InChI is InChI=1S/C18H25N3O2.ClH/c1-20(17(22)14-6-7-14)16-5-3-2-4-15(16)18(23)21-10-8-13(12-19)9-11-21;/h2-5,13-14H,6-12,19H2,1H3;1H. The minimum absolute atomic E-state index is 0.